The van der Waals surface area contributed by atoms with Crippen molar-refractivity contribution in [3.8, 4) is 0 Å². The summed E-state index contributed by atoms with van der Waals surface area (Å²) < 4.78 is 4.85. The largest absolute Gasteiger partial charge is 0.542 e. The summed E-state index contributed by atoms with van der Waals surface area (Å²) in [5, 5.41) is 10.5. The summed E-state index contributed by atoms with van der Waals surface area (Å²) in [6.07, 6.45) is 0. The Kier molecular flexibility index (Phi) is 2.55. The van der Waals surface area contributed by atoms with E-state index in [4.69, 9.17) is 4.42 Å². The molecule has 80 valence electrons. The van der Waals surface area contributed by atoms with Gasteiger partial charge in [-0.2, -0.15) is 0 Å². The van der Waals surface area contributed by atoms with Crippen molar-refractivity contribution < 1.29 is 19.1 Å². The summed E-state index contributed by atoms with van der Waals surface area (Å²) in [5.41, 5.74) is 0.446. The highest BCUT2D eigenvalue weighted by molar-refractivity contribution is 6.07. The molecule has 0 saturated heterocycles. The van der Waals surface area contributed by atoms with E-state index < -0.39 is 5.97 Å². The molecular formula is C12H7O4-. The molecule has 0 atom stereocenters. The molecule has 4 nitrogen and oxygen atoms in total. The third-order valence-corrected chi connectivity index (χ3v) is 2.07. The van der Waals surface area contributed by atoms with E-state index in [1.54, 1.807) is 30.3 Å². The molecule has 0 radical (unpaired) electrons. The van der Waals surface area contributed by atoms with Gasteiger partial charge in [0.15, 0.2) is 5.76 Å². The molecule has 16 heavy (non-hydrogen) atoms. The molecule has 0 spiro atoms. The quantitative estimate of drug-likeness (QED) is 0.712. The summed E-state index contributed by atoms with van der Waals surface area (Å²) in [6, 6.07) is 11.0. The molecule has 1 aromatic heterocycles. The zero-order chi connectivity index (χ0) is 11.5. The maximum atomic E-state index is 11.8. The van der Waals surface area contributed by atoms with Crippen LogP contribution in [-0.2, 0) is 0 Å². The second kappa shape index (κ2) is 4.02. The van der Waals surface area contributed by atoms with Crippen molar-refractivity contribution in [1.29, 1.82) is 0 Å². The number of carbonyl (C=O) groups is 2. The number of aromatic carboxylic acids is 1. The lowest BCUT2D eigenvalue weighted by atomic mass is 10.1. The normalized spacial score (nSPS) is 10.0. The molecule has 0 aliphatic carbocycles. The third-order valence-electron chi connectivity index (χ3n) is 2.07. The Labute approximate surface area is 91.1 Å². The van der Waals surface area contributed by atoms with Gasteiger partial charge in [-0.3, -0.25) is 4.79 Å². The van der Waals surface area contributed by atoms with E-state index in [9.17, 15) is 14.7 Å². The Balaban J connectivity index is 2.31. The van der Waals surface area contributed by atoms with Crippen LogP contribution >= 0.6 is 0 Å². The van der Waals surface area contributed by atoms with Gasteiger partial charge in [-0.05, 0) is 12.1 Å². The molecule has 1 heterocycles. The highest BCUT2D eigenvalue weighted by Crippen LogP contribution is 2.12. The molecule has 0 saturated carbocycles. The van der Waals surface area contributed by atoms with Crippen molar-refractivity contribution in [2.75, 3.05) is 0 Å². The Hall–Kier alpha value is -2.36. The van der Waals surface area contributed by atoms with E-state index in [2.05, 4.69) is 0 Å². The first kappa shape index (κ1) is 10.2. The van der Waals surface area contributed by atoms with Gasteiger partial charge < -0.3 is 14.3 Å². The van der Waals surface area contributed by atoms with E-state index in [1.807, 2.05) is 0 Å². The number of hydrogen-bond acceptors (Lipinski definition) is 4. The average molecular weight is 215 g/mol. The summed E-state index contributed by atoms with van der Waals surface area (Å²) >= 11 is 0. The van der Waals surface area contributed by atoms with Gasteiger partial charge in [0, 0.05) is 5.56 Å². The number of benzene rings is 1. The maximum absolute atomic E-state index is 11.8. The average Bonchev–Trinajstić information content (AvgIpc) is 2.78. The molecule has 0 aliphatic rings. The van der Waals surface area contributed by atoms with Crippen molar-refractivity contribution in [2.24, 2.45) is 0 Å². The van der Waals surface area contributed by atoms with Gasteiger partial charge >= 0.3 is 0 Å². The van der Waals surface area contributed by atoms with Gasteiger partial charge in [-0.15, -0.1) is 0 Å². The van der Waals surface area contributed by atoms with Gasteiger partial charge in [0.25, 0.3) is 0 Å². The van der Waals surface area contributed by atoms with Gasteiger partial charge in [0.2, 0.25) is 5.78 Å². The Morgan fingerprint density at radius 1 is 0.938 bits per heavy atom. The van der Waals surface area contributed by atoms with Crippen LogP contribution in [0.4, 0.5) is 0 Å². The lowest BCUT2D eigenvalue weighted by Crippen LogP contribution is -2.21. The Bertz CT molecular complexity index is 525. The monoisotopic (exact) mass is 215 g/mol. The fraction of sp³-hybridized carbons (Fsp3) is 0. The summed E-state index contributed by atoms with van der Waals surface area (Å²) in [6.45, 7) is 0. The van der Waals surface area contributed by atoms with E-state index in [0.717, 1.165) is 0 Å². The molecule has 0 N–H and O–H groups in total. The SMILES string of the molecule is O=C([O-])c1ccc(C(=O)c2ccccc2)o1. The molecular weight excluding hydrogens is 208 g/mol. The van der Waals surface area contributed by atoms with Crippen molar-refractivity contribution >= 4 is 11.8 Å². The second-order valence-electron chi connectivity index (χ2n) is 3.15. The molecule has 0 bridgehead atoms. The molecule has 0 aliphatic heterocycles. The maximum Gasteiger partial charge on any atom is 0.228 e. The molecule has 2 aromatic rings. The number of rotatable bonds is 3. The molecule has 0 fully saturated rings. The van der Waals surface area contributed by atoms with Crippen LogP contribution in [0.3, 0.4) is 0 Å². The summed E-state index contributed by atoms with van der Waals surface area (Å²) in [5.74, 6) is -2.15. The van der Waals surface area contributed by atoms with Gasteiger partial charge in [0.1, 0.15) is 11.7 Å². The number of furan rings is 1. The molecule has 1 aromatic carbocycles. The number of hydrogen-bond donors (Lipinski definition) is 0. The van der Waals surface area contributed by atoms with Crippen molar-refractivity contribution in [2.45, 2.75) is 0 Å². The van der Waals surface area contributed by atoms with Gasteiger partial charge in [-0.25, -0.2) is 0 Å². The molecule has 4 heteroatoms. The first-order chi connectivity index (χ1) is 7.68. The molecule has 2 rings (SSSR count). The third kappa shape index (κ3) is 1.86. The topological polar surface area (TPSA) is 70.3 Å². The number of ketones is 1. The van der Waals surface area contributed by atoms with E-state index in [0.29, 0.717) is 5.56 Å². The summed E-state index contributed by atoms with van der Waals surface area (Å²) in [7, 11) is 0. The first-order valence-electron chi connectivity index (χ1n) is 4.59. The zero-order valence-electron chi connectivity index (χ0n) is 8.17. The highest BCUT2D eigenvalue weighted by Gasteiger charge is 2.13. The van der Waals surface area contributed by atoms with Crippen LogP contribution in [-0.4, -0.2) is 11.8 Å². The fourth-order valence-electron chi connectivity index (χ4n) is 1.30. The minimum absolute atomic E-state index is 0.00889. The second-order valence-corrected chi connectivity index (χ2v) is 3.15. The molecule has 0 unspecified atom stereocenters. The predicted octanol–water partition coefficient (Wildman–Crippen LogP) is 0.874. The van der Waals surface area contributed by atoms with Crippen LogP contribution in [0.25, 0.3) is 0 Å². The van der Waals surface area contributed by atoms with Crippen molar-refractivity contribution in [3.63, 3.8) is 0 Å². The van der Waals surface area contributed by atoms with Crippen molar-refractivity contribution in [3.05, 3.63) is 59.5 Å². The Morgan fingerprint density at radius 2 is 1.56 bits per heavy atom. The highest BCUT2D eigenvalue weighted by atomic mass is 16.4. The smallest absolute Gasteiger partial charge is 0.228 e. The lowest BCUT2D eigenvalue weighted by molar-refractivity contribution is -0.257. The van der Waals surface area contributed by atoms with Gasteiger partial charge in [0.05, 0.1) is 0 Å². The number of carboxylic acid groups (broad SMARTS) is 1. The molecule has 0 amide bonds. The minimum atomic E-state index is -1.44. The van der Waals surface area contributed by atoms with Crippen LogP contribution in [0.15, 0.2) is 46.9 Å². The predicted molar refractivity (Wildman–Crippen MR) is 52.9 cm³/mol. The minimum Gasteiger partial charge on any atom is -0.542 e. The van der Waals surface area contributed by atoms with Crippen LogP contribution < -0.4 is 5.11 Å². The Morgan fingerprint density at radius 3 is 2.12 bits per heavy atom. The first-order valence-corrected chi connectivity index (χ1v) is 4.59. The lowest BCUT2D eigenvalue weighted by Gasteiger charge is -1.97. The summed E-state index contributed by atoms with van der Waals surface area (Å²) in [4.78, 5) is 22.2. The van der Waals surface area contributed by atoms with E-state index in [-0.39, 0.29) is 17.3 Å². The number of carboxylic acids is 1. The van der Waals surface area contributed by atoms with E-state index >= 15 is 0 Å². The van der Waals surface area contributed by atoms with Crippen LogP contribution in [0.2, 0.25) is 0 Å². The van der Waals surface area contributed by atoms with Crippen LogP contribution in [0.1, 0.15) is 26.7 Å². The zero-order valence-corrected chi connectivity index (χ0v) is 8.17. The van der Waals surface area contributed by atoms with Crippen LogP contribution in [0, 0.1) is 0 Å². The fourth-order valence-corrected chi connectivity index (χ4v) is 1.30. The standard InChI is InChI=1S/C12H8O4/c13-11(8-4-2-1-3-5-8)9-6-7-10(16-9)12(14)15/h1-7H,(H,14,15)/p-1. The van der Waals surface area contributed by atoms with E-state index in [1.165, 1.54) is 12.1 Å². The number of carbonyl (C=O) groups excluding carboxylic acids is 2. The van der Waals surface area contributed by atoms with Gasteiger partial charge in [-0.1, -0.05) is 30.3 Å². The van der Waals surface area contributed by atoms with Crippen molar-refractivity contribution in [1.82, 2.24) is 0 Å². The van der Waals surface area contributed by atoms with Crippen LogP contribution in [0.5, 0.6) is 0 Å².